The number of aromatic nitrogens is 1. The van der Waals surface area contributed by atoms with Gasteiger partial charge < -0.3 is 5.11 Å². The van der Waals surface area contributed by atoms with Crippen molar-refractivity contribution in [3.63, 3.8) is 0 Å². The van der Waals surface area contributed by atoms with Crippen LogP contribution in [0, 0.1) is 0 Å². The van der Waals surface area contributed by atoms with Gasteiger partial charge in [0.15, 0.2) is 0 Å². The lowest BCUT2D eigenvalue weighted by Gasteiger charge is -2.35. The molecule has 2 nitrogen and oxygen atoms in total. The number of hydrogen-bond acceptors (Lipinski definition) is 3. The first-order valence-corrected chi connectivity index (χ1v) is 4.77. The van der Waals surface area contributed by atoms with E-state index in [2.05, 4.69) is 4.98 Å². The van der Waals surface area contributed by atoms with Gasteiger partial charge in [-0.15, -0.1) is 11.3 Å². The van der Waals surface area contributed by atoms with Crippen LogP contribution in [0.25, 0.3) is 0 Å². The summed E-state index contributed by atoms with van der Waals surface area (Å²) in [4.78, 5) is 4.14. The van der Waals surface area contributed by atoms with Gasteiger partial charge in [-0.25, -0.2) is 4.98 Å². The molecule has 1 N–H and O–H groups in total. The normalized spacial score (nSPS) is 21.2. The molecule has 1 aliphatic carbocycles. The fraction of sp³-hybridized carbons (Fsp3) is 0.625. The zero-order valence-electron chi connectivity index (χ0n) is 6.29. The highest BCUT2D eigenvalue weighted by Crippen LogP contribution is 2.34. The van der Waals surface area contributed by atoms with E-state index in [1.807, 2.05) is 5.38 Å². The molecule has 0 amide bonds. The van der Waals surface area contributed by atoms with E-state index in [-0.39, 0.29) is 0 Å². The van der Waals surface area contributed by atoms with Crippen LogP contribution < -0.4 is 0 Å². The molecule has 60 valence electrons. The van der Waals surface area contributed by atoms with Crippen molar-refractivity contribution in [3.8, 4) is 0 Å². The minimum atomic E-state index is -0.405. The molecule has 1 aromatic rings. The molecule has 2 rings (SSSR count). The monoisotopic (exact) mass is 169 g/mol. The zero-order valence-corrected chi connectivity index (χ0v) is 7.10. The first-order valence-electron chi connectivity index (χ1n) is 3.89. The minimum absolute atomic E-state index is 0.405. The molecule has 1 aliphatic rings. The number of rotatable bonds is 2. The van der Waals surface area contributed by atoms with Crippen LogP contribution in [0.15, 0.2) is 11.6 Å². The molecule has 0 unspecified atom stereocenters. The Morgan fingerprint density at radius 3 is 2.91 bits per heavy atom. The Kier molecular flexibility index (Phi) is 1.69. The summed E-state index contributed by atoms with van der Waals surface area (Å²) in [6.07, 6.45) is 5.62. The maximum Gasteiger partial charge on any atom is 0.0953 e. The summed E-state index contributed by atoms with van der Waals surface area (Å²) in [6, 6.07) is 0. The lowest BCUT2D eigenvalue weighted by Crippen LogP contribution is -2.38. The van der Waals surface area contributed by atoms with E-state index in [1.54, 1.807) is 17.5 Å². The first-order chi connectivity index (χ1) is 5.29. The van der Waals surface area contributed by atoms with Gasteiger partial charge >= 0.3 is 0 Å². The van der Waals surface area contributed by atoms with Crippen molar-refractivity contribution in [3.05, 3.63) is 16.6 Å². The van der Waals surface area contributed by atoms with Crippen molar-refractivity contribution in [1.82, 2.24) is 4.98 Å². The van der Waals surface area contributed by atoms with Crippen LogP contribution >= 0.6 is 11.3 Å². The summed E-state index contributed by atoms with van der Waals surface area (Å²) in [5.41, 5.74) is -0.405. The molecule has 1 heterocycles. The largest absolute Gasteiger partial charge is 0.389 e. The van der Waals surface area contributed by atoms with Crippen LogP contribution in [-0.2, 0) is 6.42 Å². The number of aliphatic hydroxyl groups is 1. The summed E-state index contributed by atoms with van der Waals surface area (Å²) < 4.78 is 0. The molecular weight excluding hydrogens is 158 g/mol. The van der Waals surface area contributed by atoms with E-state index in [9.17, 15) is 5.11 Å². The van der Waals surface area contributed by atoms with Crippen LogP contribution in [0.4, 0.5) is 0 Å². The Hall–Kier alpha value is -0.410. The third-order valence-electron chi connectivity index (χ3n) is 2.25. The van der Waals surface area contributed by atoms with Crippen LogP contribution in [0.5, 0.6) is 0 Å². The zero-order chi connectivity index (χ0) is 7.73. The molecule has 1 saturated carbocycles. The SMILES string of the molecule is OC1(Cc2nccs2)CCC1. The quantitative estimate of drug-likeness (QED) is 0.729. The molecule has 0 aliphatic heterocycles. The smallest absolute Gasteiger partial charge is 0.0953 e. The first kappa shape index (κ1) is 7.25. The van der Waals surface area contributed by atoms with E-state index < -0.39 is 5.60 Å². The standard InChI is InChI=1S/C8H11NOS/c10-8(2-1-3-8)6-7-9-4-5-11-7/h4-5,10H,1-3,6H2. The van der Waals surface area contributed by atoms with Crippen LogP contribution in [0.1, 0.15) is 24.3 Å². The molecule has 0 spiro atoms. The molecule has 0 bridgehead atoms. The predicted octanol–water partition coefficient (Wildman–Crippen LogP) is 1.60. The van der Waals surface area contributed by atoms with Crippen LogP contribution in [0.2, 0.25) is 0 Å². The molecule has 1 fully saturated rings. The Bertz CT molecular complexity index is 228. The molecule has 0 saturated heterocycles. The molecule has 3 heteroatoms. The van der Waals surface area contributed by atoms with E-state index in [0.717, 1.165) is 24.3 Å². The fourth-order valence-electron chi connectivity index (χ4n) is 1.38. The second-order valence-electron chi connectivity index (χ2n) is 3.18. The van der Waals surface area contributed by atoms with E-state index in [4.69, 9.17) is 0 Å². The van der Waals surface area contributed by atoms with Gasteiger partial charge in [-0.2, -0.15) is 0 Å². The third kappa shape index (κ3) is 1.44. The summed E-state index contributed by atoms with van der Waals surface area (Å²) >= 11 is 1.63. The summed E-state index contributed by atoms with van der Waals surface area (Å²) in [5, 5.41) is 12.8. The molecule has 11 heavy (non-hydrogen) atoms. The Balaban J connectivity index is 2.00. The Morgan fingerprint density at radius 1 is 1.64 bits per heavy atom. The summed E-state index contributed by atoms with van der Waals surface area (Å²) in [5.74, 6) is 0. The van der Waals surface area contributed by atoms with Gasteiger partial charge in [0.05, 0.1) is 10.6 Å². The fourth-order valence-corrected chi connectivity index (χ4v) is 2.14. The summed E-state index contributed by atoms with van der Waals surface area (Å²) in [6.45, 7) is 0. The molecular formula is C8H11NOS. The van der Waals surface area contributed by atoms with Gasteiger partial charge in [0.2, 0.25) is 0 Å². The number of hydrogen-bond donors (Lipinski definition) is 1. The average molecular weight is 169 g/mol. The Labute approximate surface area is 69.9 Å². The van der Waals surface area contributed by atoms with Crippen molar-refractivity contribution in [1.29, 1.82) is 0 Å². The van der Waals surface area contributed by atoms with Gasteiger partial charge in [-0.3, -0.25) is 0 Å². The van der Waals surface area contributed by atoms with Crippen LogP contribution in [-0.4, -0.2) is 15.7 Å². The topological polar surface area (TPSA) is 33.1 Å². The molecule has 0 radical (unpaired) electrons. The van der Waals surface area contributed by atoms with Crippen molar-refractivity contribution in [2.45, 2.75) is 31.3 Å². The lowest BCUT2D eigenvalue weighted by atomic mass is 9.78. The van der Waals surface area contributed by atoms with Gasteiger partial charge in [-0.1, -0.05) is 0 Å². The maximum atomic E-state index is 9.75. The highest BCUT2D eigenvalue weighted by Gasteiger charge is 2.34. The predicted molar refractivity (Wildman–Crippen MR) is 44.6 cm³/mol. The molecule has 0 atom stereocenters. The van der Waals surface area contributed by atoms with Crippen LogP contribution in [0.3, 0.4) is 0 Å². The van der Waals surface area contributed by atoms with E-state index in [1.165, 1.54) is 6.42 Å². The molecule has 1 aromatic heterocycles. The molecule has 0 aromatic carbocycles. The third-order valence-corrected chi connectivity index (χ3v) is 3.03. The lowest BCUT2D eigenvalue weighted by molar-refractivity contribution is -0.0323. The van der Waals surface area contributed by atoms with E-state index in [0.29, 0.717) is 0 Å². The van der Waals surface area contributed by atoms with Gasteiger partial charge in [0, 0.05) is 18.0 Å². The second-order valence-corrected chi connectivity index (χ2v) is 4.16. The van der Waals surface area contributed by atoms with Gasteiger partial charge in [0.1, 0.15) is 0 Å². The number of thiazole rings is 1. The minimum Gasteiger partial charge on any atom is -0.389 e. The van der Waals surface area contributed by atoms with E-state index >= 15 is 0 Å². The maximum absolute atomic E-state index is 9.75. The van der Waals surface area contributed by atoms with Crippen molar-refractivity contribution in [2.75, 3.05) is 0 Å². The van der Waals surface area contributed by atoms with Crippen molar-refractivity contribution in [2.24, 2.45) is 0 Å². The summed E-state index contributed by atoms with van der Waals surface area (Å²) in [7, 11) is 0. The average Bonchev–Trinajstić information content (AvgIpc) is 2.36. The highest BCUT2D eigenvalue weighted by atomic mass is 32.1. The van der Waals surface area contributed by atoms with Gasteiger partial charge in [-0.05, 0) is 19.3 Å². The Morgan fingerprint density at radius 2 is 2.45 bits per heavy atom. The van der Waals surface area contributed by atoms with Crippen molar-refractivity contribution < 1.29 is 5.11 Å². The van der Waals surface area contributed by atoms with Crippen molar-refractivity contribution >= 4 is 11.3 Å². The van der Waals surface area contributed by atoms with Gasteiger partial charge in [0.25, 0.3) is 0 Å². The number of nitrogens with zero attached hydrogens (tertiary/aromatic N) is 1. The second kappa shape index (κ2) is 2.57. The highest BCUT2D eigenvalue weighted by molar-refractivity contribution is 7.09.